The van der Waals surface area contributed by atoms with Crippen molar-refractivity contribution in [3.63, 3.8) is 0 Å². The molecule has 10 heteroatoms. The highest BCUT2D eigenvalue weighted by Crippen LogP contribution is 2.55. The fourth-order valence-electron chi connectivity index (χ4n) is 2.60. The smallest absolute Gasteiger partial charge is 0.376 e. The van der Waals surface area contributed by atoms with E-state index in [1.54, 1.807) is 0 Å². The quantitative estimate of drug-likeness (QED) is 0.645. The topological polar surface area (TPSA) is 26.3 Å². The Morgan fingerprint density at radius 1 is 0.885 bits per heavy atom. The molecule has 0 atom stereocenters. The summed E-state index contributed by atoms with van der Waals surface area (Å²) in [6, 6.07) is 2.48. The van der Waals surface area contributed by atoms with Crippen molar-refractivity contribution in [1.82, 2.24) is 0 Å². The normalized spacial score (nSPS) is 17.5. The average molecular weight is 382 g/mol. The van der Waals surface area contributed by atoms with E-state index in [-0.39, 0.29) is 0 Å². The van der Waals surface area contributed by atoms with Gasteiger partial charge in [-0.3, -0.25) is 4.79 Å². The standard InChI is InChI=1S/C16H6F8O2/c17-6-3-7(18)5-8(4-6)26-10-2-1-9-11(12(10)14(19)20)13(25)16(23,24)15(9,21)22/h1-5,14H. The zero-order valence-electron chi connectivity index (χ0n) is 12.3. The first-order chi connectivity index (χ1) is 12.0. The molecule has 0 heterocycles. The van der Waals surface area contributed by atoms with Gasteiger partial charge in [-0.25, -0.2) is 17.6 Å². The maximum Gasteiger partial charge on any atom is 0.376 e. The van der Waals surface area contributed by atoms with Crippen LogP contribution in [0.4, 0.5) is 35.1 Å². The van der Waals surface area contributed by atoms with Crippen molar-refractivity contribution < 1.29 is 44.7 Å². The average Bonchev–Trinajstić information content (AvgIpc) is 2.64. The van der Waals surface area contributed by atoms with E-state index >= 15 is 0 Å². The second-order valence-corrected chi connectivity index (χ2v) is 5.39. The summed E-state index contributed by atoms with van der Waals surface area (Å²) < 4.78 is 112. The van der Waals surface area contributed by atoms with E-state index in [0.717, 1.165) is 0 Å². The molecule has 2 nitrogen and oxygen atoms in total. The Morgan fingerprint density at radius 3 is 2.00 bits per heavy atom. The molecule has 0 amide bonds. The maximum absolute atomic E-state index is 13.7. The van der Waals surface area contributed by atoms with Crippen molar-refractivity contribution >= 4 is 5.78 Å². The lowest BCUT2D eigenvalue weighted by Gasteiger charge is -2.17. The van der Waals surface area contributed by atoms with Crippen molar-refractivity contribution in [2.24, 2.45) is 0 Å². The molecule has 0 unspecified atom stereocenters. The number of ether oxygens (including phenoxy) is 1. The minimum absolute atomic E-state index is 0.338. The molecule has 0 saturated heterocycles. The summed E-state index contributed by atoms with van der Waals surface area (Å²) in [6.07, 6.45) is -3.65. The Bertz CT molecular complexity index is 887. The predicted molar refractivity (Wildman–Crippen MR) is 71.0 cm³/mol. The van der Waals surface area contributed by atoms with E-state index in [1.165, 1.54) is 0 Å². The zero-order chi connectivity index (χ0) is 19.4. The highest BCUT2D eigenvalue weighted by Gasteiger charge is 2.70. The number of halogens is 8. The van der Waals surface area contributed by atoms with Crippen molar-refractivity contribution in [1.29, 1.82) is 0 Å². The highest BCUT2D eigenvalue weighted by atomic mass is 19.3. The molecule has 0 aromatic heterocycles. The molecule has 2 aromatic carbocycles. The van der Waals surface area contributed by atoms with Crippen molar-refractivity contribution in [3.8, 4) is 11.5 Å². The van der Waals surface area contributed by atoms with Crippen LogP contribution in [0.2, 0.25) is 0 Å². The minimum atomic E-state index is -5.21. The highest BCUT2D eigenvalue weighted by molar-refractivity contribution is 6.08. The molecule has 0 bridgehead atoms. The lowest BCUT2D eigenvalue weighted by Crippen LogP contribution is -2.38. The summed E-state index contributed by atoms with van der Waals surface area (Å²) in [5.74, 6) is -16.5. The molecule has 26 heavy (non-hydrogen) atoms. The number of ketones is 1. The number of rotatable bonds is 3. The van der Waals surface area contributed by atoms with E-state index in [0.29, 0.717) is 30.3 Å². The molecule has 138 valence electrons. The van der Waals surface area contributed by atoms with E-state index in [1.807, 2.05) is 0 Å². The van der Waals surface area contributed by atoms with Gasteiger partial charge in [0.1, 0.15) is 23.1 Å². The molecule has 1 aliphatic rings. The first kappa shape index (κ1) is 18.2. The molecule has 0 aliphatic heterocycles. The van der Waals surface area contributed by atoms with Gasteiger partial charge in [0.25, 0.3) is 6.43 Å². The monoisotopic (exact) mass is 382 g/mol. The molecule has 0 N–H and O–H groups in total. The van der Waals surface area contributed by atoms with E-state index < -0.39 is 63.9 Å². The zero-order valence-corrected chi connectivity index (χ0v) is 12.3. The molecular formula is C16H6F8O2. The Hall–Kier alpha value is -2.65. The summed E-state index contributed by atoms with van der Waals surface area (Å²) in [5.41, 5.74) is -4.64. The number of carbonyl (C=O) groups excluding carboxylic acids is 1. The van der Waals surface area contributed by atoms with Crippen LogP contribution in [0.5, 0.6) is 11.5 Å². The summed E-state index contributed by atoms with van der Waals surface area (Å²) in [6.45, 7) is 0. The third kappa shape index (κ3) is 2.51. The van der Waals surface area contributed by atoms with Crippen molar-refractivity contribution in [2.45, 2.75) is 18.3 Å². The molecule has 2 aromatic rings. The van der Waals surface area contributed by atoms with Crippen LogP contribution in [0.1, 0.15) is 27.9 Å². The van der Waals surface area contributed by atoms with Gasteiger partial charge in [0.05, 0.1) is 5.56 Å². The maximum atomic E-state index is 13.7. The molecular weight excluding hydrogens is 376 g/mol. The van der Waals surface area contributed by atoms with E-state index in [9.17, 15) is 39.9 Å². The Kier molecular flexibility index (Phi) is 3.97. The van der Waals surface area contributed by atoms with Gasteiger partial charge in [-0.1, -0.05) is 0 Å². The van der Waals surface area contributed by atoms with E-state index in [2.05, 4.69) is 0 Å². The number of carbonyl (C=O) groups is 1. The molecule has 1 aliphatic carbocycles. The van der Waals surface area contributed by atoms with Gasteiger partial charge in [-0.05, 0) is 12.1 Å². The number of Topliss-reactive ketones (excluding diaryl/α,β-unsaturated/α-hetero) is 1. The Morgan fingerprint density at radius 2 is 1.46 bits per heavy atom. The van der Waals surface area contributed by atoms with Crippen LogP contribution >= 0.6 is 0 Å². The second kappa shape index (κ2) is 5.68. The van der Waals surface area contributed by atoms with Crippen LogP contribution in [0.25, 0.3) is 0 Å². The number of alkyl halides is 6. The number of fused-ring (bicyclic) bond motifs is 1. The third-order valence-electron chi connectivity index (χ3n) is 3.73. The molecule has 0 radical (unpaired) electrons. The molecule has 0 saturated carbocycles. The summed E-state index contributed by atoms with van der Waals surface area (Å²) in [4.78, 5) is 11.6. The summed E-state index contributed by atoms with van der Waals surface area (Å²) >= 11 is 0. The summed E-state index contributed by atoms with van der Waals surface area (Å²) in [7, 11) is 0. The van der Waals surface area contributed by atoms with Crippen LogP contribution in [-0.4, -0.2) is 11.7 Å². The first-order valence-electron chi connectivity index (χ1n) is 6.86. The van der Waals surface area contributed by atoms with Crippen LogP contribution < -0.4 is 4.74 Å². The largest absolute Gasteiger partial charge is 0.457 e. The second-order valence-electron chi connectivity index (χ2n) is 5.39. The van der Waals surface area contributed by atoms with Crippen LogP contribution in [0, 0.1) is 11.6 Å². The molecule has 3 rings (SSSR count). The molecule has 0 spiro atoms. The lowest BCUT2D eigenvalue weighted by molar-refractivity contribution is -0.176. The van der Waals surface area contributed by atoms with Gasteiger partial charge >= 0.3 is 11.8 Å². The van der Waals surface area contributed by atoms with Gasteiger partial charge in [-0.15, -0.1) is 0 Å². The predicted octanol–water partition coefficient (Wildman–Crippen LogP) is 5.62. The van der Waals surface area contributed by atoms with Crippen molar-refractivity contribution in [3.05, 3.63) is 58.7 Å². The van der Waals surface area contributed by atoms with E-state index in [4.69, 9.17) is 4.74 Å². The van der Waals surface area contributed by atoms with Crippen LogP contribution in [0.3, 0.4) is 0 Å². The fraction of sp³-hybridized carbons (Fsp3) is 0.188. The van der Waals surface area contributed by atoms with Gasteiger partial charge in [0.15, 0.2) is 0 Å². The van der Waals surface area contributed by atoms with Crippen LogP contribution in [0.15, 0.2) is 30.3 Å². The SMILES string of the molecule is O=C1c2c(ccc(Oc3cc(F)cc(F)c3)c2C(F)F)C(F)(F)C1(F)F. The Balaban J connectivity index is 2.19. The van der Waals surface area contributed by atoms with Crippen LogP contribution in [-0.2, 0) is 5.92 Å². The van der Waals surface area contributed by atoms with Gasteiger partial charge in [-0.2, -0.15) is 17.6 Å². The lowest BCUT2D eigenvalue weighted by atomic mass is 10.0. The minimum Gasteiger partial charge on any atom is -0.457 e. The number of benzene rings is 2. The number of hydrogen-bond donors (Lipinski definition) is 0. The summed E-state index contributed by atoms with van der Waals surface area (Å²) in [5, 5.41) is 0. The number of hydrogen-bond acceptors (Lipinski definition) is 2. The molecule has 0 fully saturated rings. The van der Waals surface area contributed by atoms with Crippen molar-refractivity contribution in [2.75, 3.05) is 0 Å². The van der Waals surface area contributed by atoms with Gasteiger partial charge in [0, 0.05) is 29.3 Å². The Labute approximate surface area is 140 Å². The van der Waals surface area contributed by atoms with Gasteiger partial charge in [0.2, 0.25) is 5.78 Å². The first-order valence-corrected chi connectivity index (χ1v) is 6.86. The fourth-order valence-corrected chi connectivity index (χ4v) is 2.60. The third-order valence-corrected chi connectivity index (χ3v) is 3.73. The van der Waals surface area contributed by atoms with Gasteiger partial charge < -0.3 is 4.74 Å².